The molecule has 0 saturated heterocycles. The molecule has 0 aliphatic rings. The van der Waals surface area contributed by atoms with E-state index in [4.69, 9.17) is 0 Å². The first kappa shape index (κ1) is 18.8. The van der Waals surface area contributed by atoms with Crippen LogP contribution in [0.25, 0.3) is 11.2 Å². The van der Waals surface area contributed by atoms with Crippen LogP contribution in [-0.2, 0) is 7.05 Å². The lowest BCUT2D eigenvalue weighted by molar-refractivity contribution is 0.564. The predicted molar refractivity (Wildman–Crippen MR) is 100 cm³/mol. The Kier molecular flexibility index (Phi) is 6.71. The summed E-state index contributed by atoms with van der Waals surface area (Å²) in [5.41, 5.74) is 0.162. The van der Waals surface area contributed by atoms with E-state index in [0.29, 0.717) is 11.2 Å². The van der Waals surface area contributed by atoms with Crippen molar-refractivity contribution in [2.24, 2.45) is 7.05 Å². The van der Waals surface area contributed by atoms with Gasteiger partial charge in [-0.2, -0.15) is 0 Å². The molecule has 0 aliphatic heterocycles. The summed E-state index contributed by atoms with van der Waals surface area (Å²) in [6.45, 7) is 6.28. The van der Waals surface area contributed by atoms with E-state index >= 15 is 0 Å². The van der Waals surface area contributed by atoms with Gasteiger partial charge in [-0.3, -0.25) is 14.3 Å². The minimum absolute atomic E-state index is 0.112. The highest BCUT2D eigenvalue weighted by molar-refractivity contribution is 7.99. The fourth-order valence-electron chi connectivity index (χ4n) is 2.81. The largest absolute Gasteiger partial charge is 0.329 e. The van der Waals surface area contributed by atoms with Gasteiger partial charge in [0.15, 0.2) is 16.3 Å². The Morgan fingerprint density at radius 1 is 1.12 bits per heavy atom. The monoisotopic (exact) mass is 352 g/mol. The van der Waals surface area contributed by atoms with Crippen molar-refractivity contribution in [3.8, 4) is 0 Å². The van der Waals surface area contributed by atoms with Crippen LogP contribution < -0.4 is 11.2 Å². The molecule has 0 spiro atoms. The van der Waals surface area contributed by atoms with Crippen LogP contribution in [0.2, 0.25) is 0 Å². The van der Waals surface area contributed by atoms with E-state index in [2.05, 4.69) is 16.9 Å². The number of unbranched alkanes of at least 4 members (excludes halogenated alkanes) is 5. The molecule has 0 unspecified atom stereocenters. The average molecular weight is 353 g/mol. The van der Waals surface area contributed by atoms with Crippen LogP contribution in [0.1, 0.15) is 65.3 Å². The second-order valence-corrected chi connectivity index (χ2v) is 7.53. The topological polar surface area (TPSA) is 72.7 Å². The fraction of sp³-hybridized carbons (Fsp3) is 0.706. The molecular weight excluding hydrogens is 324 g/mol. The number of hydrogen-bond acceptors (Lipinski definition) is 4. The average Bonchev–Trinajstić information content (AvgIpc) is 2.92. The van der Waals surface area contributed by atoms with Gasteiger partial charge in [0.2, 0.25) is 0 Å². The van der Waals surface area contributed by atoms with Crippen molar-refractivity contribution < 1.29 is 0 Å². The van der Waals surface area contributed by atoms with Crippen molar-refractivity contribution in [1.82, 2.24) is 19.1 Å². The normalized spacial score (nSPS) is 11.7. The van der Waals surface area contributed by atoms with Crippen molar-refractivity contribution >= 4 is 22.9 Å². The highest BCUT2D eigenvalue weighted by atomic mass is 32.2. The Morgan fingerprint density at radius 2 is 1.79 bits per heavy atom. The molecule has 0 fully saturated rings. The summed E-state index contributed by atoms with van der Waals surface area (Å²) in [6, 6.07) is 0.112. The number of aryl methyl sites for hydroxylation is 1. The third-order valence-corrected chi connectivity index (χ3v) is 5.20. The molecular formula is C17H28N4O2S. The molecule has 6 nitrogen and oxygen atoms in total. The van der Waals surface area contributed by atoms with E-state index in [0.717, 1.165) is 17.3 Å². The predicted octanol–water partition coefficient (Wildman–Crippen LogP) is 3.46. The SMILES string of the molecule is CCCCCCCCSc1nc2c(c(=O)[nH]c(=O)n2C)n1C(C)C. The van der Waals surface area contributed by atoms with Crippen molar-refractivity contribution in [3.05, 3.63) is 20.8 Å². The summed E-state index contributed by atoms with van der Waals surface area (Å²) in [7, 11) is 1.64. The van der Waals surface area contributed by atoms with Gasteiger partial charge in [0, 0.05) is 18.8 Å². The van der Waals surface area contributed by atoms with Gasteiger partial charge in [-0.1, -0.05) is 50.8 Å². The third kappa shape index (κ3) is 4.12. The second-order valence-electron chi connectivity index (χ2n) is 6.46. The molecule has 0 amide bonds. The minimum Gasteiger partial charge on any atom is -0.311 e. The standard InChI is InChI=1S/C17H28N4O2S/c1-5-6-7-8-9-10-11-24-17-18-14-13(21(17)12(2)3)15(22)19-16(23)20(14)4/h12H,5-11H2,1-4H3,(H,19,22,23). The number of nitrogens with zero attached hydrogens (tertiary/aromatic N) is 3. The van der Waals surface area contributed by atoms with Gasteiger partial charge >= 0.3 is 5.69 Å². The Morgan fingerprint density at radius 3 is 2.46 bits per heavy atom. The molecule has 0 atom stereocenters. The molecule has 1 N–H and O–H groups in total. The first-order valence-electron chi connectivity index (χ1n) is 8.81. The zero-order valence-corrected chi connectivity index (χ0v) is 15.9. The van der Waals surface area contributed by atoms with E-state index in [1.807, 2.05) is 18.4 Å². The number of hydrogen-bond donors (Lipinski definition) is 1. The third-order valence-electron chi connectivity index (χ3n) is 4.16. The quantitative estimate of drug-likeness (QED) is 0.554. The van der Waals surface area contributed by atoms with Crippen molar-refractivity contribution in [3.63, 3.8) is 0 Å². The summed E-state index contributed by atoms with van der Waals surface area (Å²) >= 11 is 1.67. The van der Waals surface area contributed by atoms with Crippen LogP contribution in [0.5, 0.6) is 0 Å². The Hall–Kier alpha value is -1.50. The summed E-state index contributed by atoms with van der Waals surface area (Å²) in [5.74, 6) is 0.980. The molecule has 0 saturated carbocycles. The van der Waals surface area contributed by atoms with E-state index in [1.54, 1.807) is 18.8 Å². The molecule has 0 bridgehead atoms. The molecule has 0 aromatic carbocycles. The zero-order chi connectivity index (χ0) is 17.7. The molecule has 2 heterocycles. The van der Waals surface area contributed by atoms with Gasteiger partial charge < -0.3 is 4.57 Å². The van der Waals surface area contributed by atoms with E-state index in [-0.39, 0.29) is 11.6 Å². The molecule has 134 valence electrons. The molecule has 2 rings (SSSR count). The molecule has 7 heteroatoms. The van der Waals surface area contributed by atoms with Gasteiger partial charge in [-0.25, -0.2) is 9.78 Å². The Labute approximate surface area is 146 Å². The molecule has 2 aromatic heterocycles. The smallest absolute Gasteiger partial charge is 0.311 e. The minimum atomic E-state index is -0.423. The summed E-state index contributed by atoms with van der Waals surface area (Å²) in [5, 5.41) is 0.820. The van der Waals surface area contributed by atoms with Crippen LogP contribution >= 0.6 is 11.8 Å². The van der Waals surface area contributed by atoms with E-state index in [9.17, 15) is 9.59 Å². The van der Waals surface area contributed by atoms with Gasteiger partial charge in [0.25, 0.3) is 5.56 Å². The second kappa shape index (κ2) is 8.55. The summed E-state index contributed by atoms with van der Waals surface area (Å²) in [4.78, 5) is 30.9. The number of aromatic amines is 1. The molecule has 24 heavy (non-hydrogen) atoms. The maximum atomic E-state index is 12.2. The fourth-order valence-corrected chi connectivity index (χ4v) is 3.93. The van der Waals surface area contributed by atoms with Gasteiger partial charge in [0.05, 0.1) is 0 Å². The Bertz CT molecular complexity index is 788. The number of imidazole rings is 1. The van der Waals surface area contributed by atoms with Crippen LogP contribution in [-0.4, -0.2) is 24.9 Å². The van der Waals surface area contributed by atoms with Crippen LogP contribution in [0.15, 0.2) is 14.7 Å². The number of nitrogens with one attached hydrogen (secondary N) is 1. The molecule has 0 aliphatic carbocycles. The van der Waals surface area contributed by atoms with Gasteiger partial charge in [-0.05, 0) is 20.3 Å². The zero-order valence-electron chi connectivity index (χ0n) is 15.1. The summed E-state index contributed by atoms with van der Waals surface area (Å²) in [6.07, 6.45) is 7.54. The van der Waals surface area contributed by atoms with Crippen molar-refractivity contribution in [2.45, 2.75) is 70.5 Å². The number of H-pyrrole nitrogens is 1. The number of thioether (sulfide) groups is 1. The lowest BCUT2D eigenvalue weighted by Crippen LogP contribution is -2.29. The lowest BCUT2D eigenvalue weighted by atomic mass is 10.1. The molecule has 0 radical (unpaired) electrons. The van der Waals surface area contributed by atoms with Crippen LogP contribution in [0.4, 0.5) is 0 Å². The van der Waals surface area contributed by atoms with Gasteiger partial charge in [0.1, 0.15) is 0 Å². The van der Waals surface area contributed by atoms with Crippen LogP contribution in [0.3, 0.4) is 0 Å². The highest BCUT2D eigenvalue weighted by Crippen LogP contribution is 2.26. The first-order chi connectivity index (χ1) is 11.5. The highest BCUT2D eigenvalue weighted by Gasteiger charge is 2.19. The van der Waals surface area contributed by atoms with Crippen molar-refractivity contribution in [1.29, 1.82) is 0 Å². The summed E-state index contributed by atoms with van der Waals surface area (Å²) < 4.78 is 3.35. The molecule has 2 aromatic rings. The van der Waals surface area contributed by atoms with E-state index < -0.39 is 5.69 Å². The first-order valence-corrected chi connectivity index (χ1v) is 9.80. The maximum Gasteiger partial charge on any atom is 0.329 e. The number of aromatic nitrogens is 4. The van der Waals surface area contributed by atoms with E-state index in [1.165, 1.54) is 36.7 Å². The Balaban J connectivity index is 2.17. The lowest BCUT2D eigenvalue weighted by Gasteiger charge is -2.11. The van der Waals surface area contributed by atoms with Crippen LogP contribution in [0, 0.1) is 0 Å². The maximum absolute atomic E-state index is 12.2. The number of fused-ring (bicyclic) bond motifs is 1. The van der Waals surface area contributed by atoms with Gasteiger partial charge in [-0.15, -0.1) is 0 Å². The van der Waals surface area contributed by atoms with Crippen molar-refractivity contribution in [2.75, 3.05) is 5.75 Å². The number of rotatable bonds is 9.